The summed E-state index contributed by atoms with van der Waals surface area (Å²) in [5.41, 5.74) is 1.07. The number of aryl methyl sites for hydroxylation is 1. The van der Waals surface area contributed by atoms with Gasteiger partial charge in [-0.1, -0.05) is 12.5 Å². The number of alkyl halides is 1. The molecule has 31 heavy (non-hydrogen) atoms. The van der Waals surface area contributed by atoms with Crippen molar-refractivity contribution in [2.75, 3.05) is 11.9 Å². The first-order valence-corrected chi connectivity index (χ1v) is 10.4. The van der Waals surface area contributed by atoms with Gasteiger partial charge in [0.1, 0.15) is 11.9 Å². The minimum absolute atomic E-state index is 0.0112. The highest BCUT2D eigenvalue weighted by Crippen LogP contribution is 2.33. The number of hydrogen-bond acceptors (Lipinski definition) is 9. The average molecular weight is 425 g/mol. The van der Waals surface area contributed by atoms with E-state index >= 15 is 4.39 Å². The van der Waals surface area contributed by atoms with Crippen LogP contribution in [-0.2, 0) is 7.05 Å². The van der Waals surface area contributed by atoms with E-state index in [2.05, 4.69) is 35.9 Å². The number of tetrazole rings is 1. The standard InChI is InChI=1S/C20H24FN9O/c1-29(15-9-12-4-3-5-14(23-12)18(15)21)17-10-22-20(25-24-17)13-7-6-11(8-16(13)31)19-26-28-30(2)27-19/h6-8,10,12,14-15,18,23,31H,3-5,9H2,1-2H3/t12-,14-,15-,18+/m0/s1. The number of halogens is 1. The van der Waals surface area contributed by atoms with Crippen LogP contribution in [0.4, 0.5) is 10.2 Å². The Morgan fingerprint density at radius 2 is 2.06 bits per heavy atom. The van der Waals surface area contributed by atoms with Gasteiger partial charge in [-0.05, 0) is 36.6 Å². The first kappa shape index (κ1) is 19.7. The molecular weight excluding hydrogens is 401 g/mol. The smallest absolute Gasteiger partial charge is 0.205 e. The Hall–Kier alpha value is -3.21. The van der Waals surface area contributed by atoms with Crippen LogP contribution in [0.15, 0.2) is 24.4 Å². The van der Waals surface area contributed by atoms with Crippen molar-refractivity contribution in [1.29, 1.82) is 0 Å². The molecule has 2 bridgehead atoms. The number of phenols is 1. The van der Waals surface area contributed by atoms with Crippen molar-refractivity contribution < 1.29 is 9.50 Å². The summed E-state index contributed by atoms with van der Waals surface area (Å²) in [7, 11) is 3.51. The van der Waals surface area contributed by atoms with Crippen LogP contribution in [0, 0.1) is 0 Å². The van der Waals surface area contributed by atoms with Crippen LogP contribution >= 0.6 is 0 Å². The highest BCUT2D eigenvalue weighted by Gasteiger charge is 2.42. The van der Waals surface area contributed by atoms with Gasteiger partial charge >= 0.3 is 0 Å². The summed E-state index contributed by atoms with van der Waals surface area (Å²) in [5.74, 6) is 1.19. The first-order valence-electron chi connectivity index (χ1n) is 10.4. The molecule has 0 amide bonds. The quantitative estimate of drug-likeness (QED) is 0.641. The minimum atomic E-state index is -0.964. The summed E-state index contributed by atoms with van der Waals surface area (Å²) in [5, 5.41) is 34.2. The number of hydrogen-bond donors (Lipinski definition) is 2. The zero-order valence-electron chi connectivity index (χ0n) is 17.4. The zero-order valence-corrected chi connectivity index (χ0v) is 17.4. The van der Waals surface area contributed by atoms with Crippen LogP contribution in [0.25, 0.3) is 22.8 Å². The summed E-state index contributed by atoms with van der Waals surface area (Å²) in [6.45, 7) is 0. The predicted octanol–water partition coefficient (Wildman–Crippen LogP) is 1.49. The molecule has 2 saturated heterocycles. The lowest BCUT2D eigenvalue weighted by Gasteiger charge is -2.45. The Morgan fingerprint density at radius 3 is 2.77 bits per heavy atom. The van der Waals surface area contributed by atoms with Crippen molar-refractivity contribution in [3.63, 3.8) is 0 Å². The Balaban J connectivity index is 1.35. The maximum atomic E-state index is 15.0. The van der Waals surface area contributed by atoms with Gasteiger partial charge in [-0.2, -0.15) is 4.80 Å². The van der Waals surface area contributed by atoms with Crippen LogP contribution < -0.4 is 10.2 Å². The van der Waals surface area contributed by atoms with Crippen molar-refractivity contribution in [3.8, 4) is 28.5 Å². The fourth-order valence-electron chi connectivity index (χ4n) is 4.54. The maximum absolute atomic E-state index is 15.0. The number of anilines is 1. The van der Waals surface area contributed by atoms with E-state index in [1.165, 1.54) is 10.9 Å². The highest BCUT2D eigenvalue weighted by atomic mass is 19.1. The van der Waals surface area contributed by atoms with Crippen LogP contribution in [0.3, 0.4) is 0 Å². The molecule has 2 N–H and O–H groups in total. The van der Waals surface area contributed by atoms with Gasteiger partial charge in [0.2, 0.25) is 5.82 Å². The van der Waals surface area contributed by atoms with Gasteiger partial charge in [0.15, 0.2) is 11.6 Å². The molecule has 4 atom stereocenters. The average Bonchev–Trinajstić information content (AvgIpc) is 3.22. The summed E-state index contributed by atoms with van der Waals surface area (Å²) >= 11 is 0. The Labute approximate surface area is 178 Å². The van der Waals surface area contributed by atoms with Crippen LogP contribution in [0.5, 0.6) is 5.75 Å². The summed E-state index contributed by atoms with van der Waals surface area (Å²) < 4.78 is 15.0. The number of phenolic OH excluding ortho intramolecular Hbond substituents is 1. The number of piperidine rings is 2. The van der Waals surface area contributed by atoms with Crippen LogP contribution in [0.2, 0.25) is 0 Å². The molecule has 0 saturated carbocycles. The SMILES string of the molecule is CN(c1cnc(-c2ccc(-c3nnn(C)n3)cc2O)nn1)[C@H]1C[C@@H]2CCC[C@H](N2)[C@H]1F. The predicted molar refractivity (Wildman–Crippen MR) is 111 cm³/mol. The summed E-state index contributed by atoms with van der Waals surface area (Å²) in [6, 6.07) is 4.98. The van der Waals surface area contributed by atoms with Gasteiger partial charge in [0.25, 0.3) is 0 Å². The molecule has 2 aliphatic heterocycles. The first-order chi connectivity index (χ1) is 15.0. The normalized spacial score (nSPS) is 25.4. The van der Waals surface area contributed by atoms with E-state index in [-0.39, 0.29) is 23.7 Å². The number of aromatic nitrogens is 7. The molecule has 0 spiro atoms. The Kier molecular flexibility index (Phi) is 4.97. The topological polar surface area (TPSA) is 118 Å². The molecule has 5 rings (SSSR count). The monoisotopic (exact) mass is 425 g/mol. The molecule has 11 heteroatoms. The molecule has 1 aromatic carbocycles. The summed E-state index contributed by atoms with van der Waals surface area (Å²) in [6.07, 6.45) is 4.36. The third kappa shape index (κ3) is 3.69. The molecule has 2 aliphatic rings. The number of benzene rings is 1. The largest absolute Gasteiger partial charge is 0.507 e. The van der Waals surface area contributed by atoms with E-state index in [0.717, 1.165) is 25.7 Å². The molecule has 0 unspecified atom stereocenters. The van der Waals surface area contributed by atoms with Gasteiger partial charge in [-0.3, -0.25) is 0 Å². The number of nitrogens with one attached hydrogen (secondary N) is 1. The van der Waals surface area contributed by atoms with Crippen molar-refractivity contribution in [2.24, 2.45) is 7.05 Å². The zero-order chi connectivity index (χ0) is 21.5. The number of rotatable bonds is 4. The fraction of sp³-hybridized carbons (Fsp3) is 0.500. The minimum Gasteiger partial charge on any atom is -0.507 e. The molecule has 10 nitrogen and oxygen atoms in total. The van der Waals surface area contributed by atoms with Gasteiger partial charge in [0, 0.05) is 24.7 Å². The maximum Gasteiger partial charge on any atom is 0.205 e. The summed E-state index contributed by atoms with van der Waals surface area (Å²) in [4.78, 5) is 7.55. The second-order valence-electron chi connectivity index (χ2n) is 8.23. The van der Waals surface area contributed by atoms with E-state index in [4.69, 9.17) is 0 Å². The molecule has 0 aliphatic carbocycles. The van der Waals surface area contributed by atoms with Crippen molar-refractivity contribution in [2.45, 2.75) is 50.0 Å². The molecule has 162 valence electrons. The number of fused-ring (bicyclic) bond motifs is 2. The number of aromatic hydroxyl groups is 1. The van der Waals surface area contributed by atoms with Crippen molar-refractivity contribution >= 4 is 5.82 Å². The molecular formula is C20H24FN9O. The Morgan fingerprint density at radius 1 is 1.19 bits per heavy atom. The van der Waals surface area contributed by atoms with E-state index in [1.54, 1.807) is 25.4 Å². The lowest BCUT2D eigenvalue weighted by Crippen LogP contribution is -2.61. The molecule has 3 aromatic rings. The Bertz CT molecular complexity index is 1070. The van der Waals surface area contributed by atoms with Gasteiger partial charge in [-0.25, -0.2) is 9.37 Å². The lowest BCUT2D eigenvalue weighted by molar-refractivity contribution is 0.107. The van der Waals surface area contributed by atoms with E-state index in [1.807, 2.05) is 11.9 Å². The third-order valence-electron chi connectivity index (χ3n) is 6.21. The van der Waals surface area contributed by atoms with Gasteiger partial charge in [-0.15, -0.1) is 20.4 Å². The van der Waals surface area contributed by atoms with E-state index in [9.17, 15) is 5.11 Å². The second-order valence-corrected chi connectivity index (χ2v) is 8.23. The van der Waals surface area contributed by atoms with Gasteiger partial charge in [0.05, 0.1) is 24.8 Å². The molecule has 0 radical (unpaired) electrons. The molecule has 4 heterocycles. The van der Waals surface area contributed by atoms with Crippen LogP contribution in [-0.4, -0.2) is 71.8 Å². The van der Waals surface area contributed by atoms with Crippen molar-refractivity contribution in [3.05, 3.63) is 24.4 Å². The van der Waals surface area contributed by atoms with Crippen LogP contribution in [0.1, 0.15) is 25.7 Å². The van der Waals surface area contributed by atoms with E-state index < -0.39 is 6.17 Å². The lowest BCUT2D eigenvalue weighted by atomic mass is 9.82. The third-order valence-corrected chi connectivity index (χ3v) is 6.21. The van der Waals surface area contributed by atoms with Gasteiger partial charge < -0.3 is 15.3 Å². The molecule has 2 aromatic heterocycles. The number of nitrogens with zero attached hydrogens (tertiary/aromatic N) is 8. The second kappa shape index (κ2) is 7.80. The molecule has 2 fully saturated rings. The van der Waals surface area contributed by atoms with Crippen molar-refractivity contribution in [1.82, 2.24) is 40.7 Å². The van der Waals surface area contributed by atoms with E-state index in [0.29, 0.717) is 28.8 Å². The highest BCUT2D eigenvalue weighted by molar-refractivity contribution is 5.69. The fourth-order valence-corrected chi connectivity index (χ4v) is 4.54.